The third-order valence-corrected chi connectivity index (χ3v) is 4.71. The van der Waals surface area contributed by atoms with Crippen LogP contribution in [-0.2, 0) is 0 Å². The molecule has 1 fully saturated rings. The number of allylic oxidation sites excluding steroid dienone is 1. The largest absolute Gasteiger partial charge is 0.405 e. The molecule has 1 aromatic rings. The summed E-state index contributed by atoms with van der Waals surface area (Å²) in [5.41, 5.74) is 6.48. The van der Waals surface area contributed by atoms with Gasteiger partial charge in [-0.3, -0.25) is 9.78 Å². The van der Waals surface area contributed by atoms with Gasteiger partial charge < -0.3 is 16.4 Å². The van der Waals surface area contributed by atoms with Crippen molar-refractivity contribution in [1.29, 1.82) is 0 Å². The third-order valence-electron chi connectivity index (χ3n) is 4.50. The number of pyridine rings is 1. The average molecular weight is 376 g/mol. The lowest BCUT2D eigenvalue weighted by Gasteiger charge is -2.29. The van der Waals surface area contributed by atoms with Crippen LogP contribution in [0.1, 0.15) is 41.7 Å². The quantitative estimate of drug-likeness (QED) is 0.639. The highest BCUT2D eigenvalue weighted by molar-refractivity contribution is 6.30. The van der Waals surface area contributed by atoms with Crippen molar-refractivity contribution in [2.24, 2.45) is 16.6 Å². The Morgan fingerprint density at radius 2 is 2.19 bits per heavy atom. The second-order valence-electron chi connectivity index (χ2n) is 6.47. The number of aromatic nitrogens is 1. The molecule has 0 unspecified atom stereocenters. The highest BCUT2D eigenvalue weighted by Gasteiger charge is 2.23. The number of carbonyl (C=O) groups excluding carboxylic acids is 1. The van der Waals surface area contributed by atoms with Crippen molar-refractivity contribution >= 4 is 23.7 Å². The van der Waals surface area contributed by atoms with Crippen molar-refractivity contribution in [2.45, 2.75) is 38.6 Å². The van der Waals surface area contributed by atoms with Gasteiger partial charge in [0.2, 0.25) is 0 Å². The summed E-state index contributed by atoms with van der Waals surface area (Å²) in [7, 11) is 0. The van der Waals surface area contributed by atoms with Gasteiger partial charge in [0.25, 0.3) is 5.91 Å². The van der Waals surface area contributed by atoms with Crippen molar-refractivity contribution in [1.82, 2.24) is 15.6 Å². The minimum absolute atomic E-state index is 0.102. The first-order valence-electron chi connectivity index (χ1n) is 8.76. The normalized spacial score (nSPS) is 20.4. The predicted octanol–water partition coefficient (Wildman–Crippen LogP) is 2.94. The molecule has 1 amide bonds. The molecule has 1 heterocycles. The van der Waals surface area contributed by atoms with Gasteiger partial charge in [0.05, 0.1) is 16.3 Å². The van der Waals surface area contributed by atoms with Crippen LogP contribution >= 0.6 is 11.6 Å². The Kier molecular flexibility index (Phi) is 7.66. The minimum Gasteiger partial charge on any atom is -0.405 e. The summed E-state index contributed by atoms with van der Waals surface area (Å²) in [5.74, 6) is 1.08. The fourth-order valence-corrected chi connectivity index (χ4v) is 3.16. The number of aryl methyl sites for hydroxylation is 1. The van der Waals surface area contributed by atoms with Crippen molar-refractivity contribution < 1.29 is 4.79 Å². The maximum absolute atomic E-state index is 12.4. The van der Waals surface area contributed by atoms with Gasteiger partial charge in [-0.1, -0.05) is 18.2 Å². The number of nitrogens with zero attached hydrogens (tertiary/aromatic N) is 2. The molecule has 7 heteroatoms. The SMILES string of the molecule is C=C(N=C/C=C\N)NCC1CCC(NC(=O)c2cc(Cl)cnc2C)CC1. The van der Waals surface area contributed by atoms with Crippen LogP contribution in [0.5, 0.6) is 0 Å². The second-order valence-corrected chi connectivity index (χ2v) is 6.90. The van der Waals surface area contributed by atoms with Crippen LogP contribution in [0, 0.1) is 12.8 Å². The molecule has 1 aromatic heterocycles. The molecule has 0 aromatic carbocycles. The summed E-state index contributed by atoms with van der Waals surface area (Å²) >= 11 is 5.95. The van der Waals surface area contributed by atoms with E-state index in [0.717, 1.165) is 32.2 Å². The van der Waals surface area contributed by atoms with E-state index in [-0.39, 0.29) is 11.9 Å². The minimum atomic E-state index is -0.102. The molecule has 0 saturated heterocycles. The standard InChI is InChI=1S/C19H26ClN5O/c1-13-18(10-16(20)12-23-13)19(26)25-17-6-4-15(5-7-17)11-24-14(2)22-9-3-8-21/h3,8-10,12,15,17,24H,2,4-7,11,21H2,1H3,(H,25,26)/b8-3-,22-9?. The van der Waals surface area contributed by atoms with Gasteiger partial charge in [-0.2, -0.15) is 0 Å². The number of carbonyl (C=O) groups is 1. The molecule has 1 aliphatic rings. The van der Waals surface area contributed by atoms with Gasteiger partial charge >= 0.3 is 0 Å². The van der Waals surface area contributed by atoms with E-state index < -0.39 is 0 Å². The van der Waals surface area contributed by atoms with Crippen molar-refractivity contribution in [3.8, 4) is 0 Å². The summed E-state index contributed by atoms with van der Waals surface area (Å²) in [5, 5.41) is 6.81. The molecule has 0 aliphatic heterocycles. The summed E-state index contributed by atoms with van der Waals surface area (Å²) in [6.45, 7) is 6.50. The maximum Gasteiger partial charge on any atom is 0.253 e. The van der Waals surface area contributed by atoms with Crippen LogP contribution < -0.4 is 16.4 Å². The fraction of sp³-hybridized carbons (Fsp3) is 0.421. The molecule has 0 atom stereocenters. The van der Waals surface area contributed by atoms with E-state index in [1.54, 1.807) is 24.6 Å². The van der Waals surface area contributed by atoms with Crippen molar-refractivity contribution in [2.75, 3.05) is 6.54 Å². The van der Waals surface area contributed by atoms with Gasteiger partial charge in [0.1, 0.15) is 5.82 Å². The summed E-state index contributed by atoms with van der Waals surface area (Å²) < 4.78 is 0. The smallest absolute Gasteiger partial charge is 0.253 e. The van der Waals surface area contributed by atoms with E-state index in [4.69, 9.17) is 17.3 Å². The first kappa shape index (κ1) is 20.0. The predicted molar refractivity (Wildman–Crippen MR) is 106 cm³/mol. The summed E-state index contributed by atoms with van der Waals surface area (Å²) in [4.78, 5) is 20.7. The first-order valence-corrected chi connectivity index (χ1v) is 9.14. The zero-order valence-corrected chi connectivity index (χ0v) is 15.8. The number of hydrogen-bond donors (Lipinski definition) is 3. The van der Waals surface area contributed by atoms with E-state index in [1.165, 1.54) is 6.20 Å². The maximum atomic E-state index is 12.4. The average Bonchev–Trinajstić information content (AvgIpc) is 2.63. The van der Waals surface area contributed by atoms with Crippen LogP contribution in [0.25, 0.3) is 0 Å². The monoisotopic (exact) mass is 375 g/mol. The van der Waals surface area contributed by atoms with Crippen LogP contribution in [-0.4, -0.2) is 29.7 Å². The van der Waals surface area contributed by atoms with Crippen LogP contribution in [0.2, 0.25) is 5.02 Å². The van der Waals surface area contributed by atoms with Gasteiger partial charge in [-0.25, -0.2) is 4.99 Å². The topological polar surface area (TPSA) is 92.4 Å². The van der Waals surface area contributed by atoms with Crippen molar-refractivity contribution in [3.05, 3.63) is 53.2 Å². The second kappa shape index (κ2) is 9.97. The number of rotatable bonds is 7. The van der Waals surface area contributed by atoms with E-state index in [0.29, 0.717) is 28.0 Å². The van der Waals surface area contributed by atoms with Gasteiger partial charge in [-0.15, -0.1) is 0 Å². The van der Waals surface area contributed by atoms with Crippen molar-refractivity contribution in [3.63, 3.8) is 0 Å². The first-order chi connectivity index (χ1) is 12.5. The lowest BCUT2D eigenvalue weighted by molar-refractivity contribution is 0.0921. The van der Waals surface area contributed by atoms with Crippen LogP contribution in [0.4, 0.5) is 0 Å². The molecule has 26 heavy (non-hydrogen) atoms. The highest BCUT2D eigenvalue weighted by Crippen LogP contribution is 2.24. The number of amides is 1. The molecule has 0 spiro atoms. The van der Waals surface area contributed by atoms with E-state index in [1.807, 2.05) is 6.92 Å². The lowest BCUT2D eigenvalue weighted by atomic mass is 9.86. The van der Waals surface area contributed by atoms with Crippen LogP contribution in [0.3, 0.4) is 0 Å². The number of nitrogens with two attached hydrogens (primary N) is 1. The molecular formula is C19H26ClN5O. The van der Waals surface area contributed by atoms with Gasteiger partial charge in [0.15, 0.2) is 0 Å². The lowest BCUT2D eigenvalue weighted by Crippen LogP contribution is -2.39. The number of halogens is 1. The van der Waals surface area contributed by atoms with E-state index in [2.05, 4.69) is 27.2 Å². The molecule has 2 rings (SSSR count). The molecular weight excluding hydrogens is 350 g/mol. The Morgan fingerprint density at radius 3 is 2.88 bits per heavy atom. The van der Waals surface area contributed by atoms with Gasteiger partial charge in [0, 0.05) is 25.0 Å². The summed E-state index contributed by atoms with van der Waals surface area (Å²) in [6.07, 6.45) is 10.2. The Labute approximate surface area is 159 Å². The van der Waals surface area contributed by atoms with E-state index >= 15 is 0 Å². The highest BCUT2D eigenvalue weighted by atomic mass is 35.5. The van der Waals surface area contributed by atoms with E-state index in [9.17, 15) is 4.79 Å². The Hall–Kier alpha value is -2.34. The molecule has 0 radical (unpaired) electrons. The Bertz CT molecular complexity index is 693. The third kappa shape index (κ3) is 6.19. The molecule has 1 saturated carbocycles. The molecule has 6 nitrogen and oxygen atoms in total. The van der Waals surface area contributed by atoms with Crippen LogP contribution in [0.15, 0.2) is 41.9 Å². The zero-order chi connectivity index (χ0) is 18.9. The number of nitrogens with one attached hydrogen (secondary N) is 2. The molecule has 1 aliphatic carbocycles. The number of aliphatic imine (C=N–C) groups is 1. The molecule has 140 valence electrons. The molecule has 4 N–H and O–H groups in total. The Balaban J connectivity index is 1.75. The fourth-order valence-electron chi connectivity index (χ4n) is 3.00. The Morgan fingerprint density at radius 1 is 1.46 bits per heavy atom. The molecule has 0 bridgehead atoms. The zero-order valence-electron chi connectivity index (χ0n) is 15.0. The summed E-state index contributed by atoms with van der Waals surface area (Å²) in [6, 6.07) is 1.86. The van der Waals surface area contributed by atoms with Gasteiger partial charge in [-0.05, 0) is 56.9 Å². The number of hydrogen-bond acceptors (Lipinski definition) is 5.